The second-order valence-corrected chi connectivity index (χ2v) is 4.88. The third-order valence-electron chi connectivity index (χ3n) is 2.45. The smallest absolute Gasteiger partial charge is 0.128 e. The molecule has 0 N–H and O–H groups in total. The van der Waals surface area contributed by atoms with Crippen LogP contribution in [0.1, 0.15) is 19.4 Å². The molecule has 0 radical (unpaired) electrons. The highest BCUT2D eigenvalue weighted by Gasteiger charge is 2.11. The SMILES string of the molecule is C=Cc1cccc(OC(C)C)c1-c1ccsc1. The van der Waals surface area contributed by atoms with E-state index in [4.69, 9.17) is 4.74 Å². The van der Waals surface area contributed by atoms with Crippen molar-refractivity contribution in [1.82, 2.24) is 0 Å². The monoisotopic (exact) mass is 244 g/mol. The van der Waals surface area contributed by atoms with E-state index in [1.165, 1.54) is 5.56 Å². The van der Waals surface area contributed by atoms with Gasteiger partial charge in [-0.2, -0.15) is 11.3 Å². The molecule has 0 saturated carbocycles. The molecule has 0 atom stereocenters. The lowest BCUT2D eigenvalue weighted by Crippen LogP contribution is -2.06. The van der Waals surface area contributed by atoms with Gasteiger partial charge < -0.3 is 4.74 Å². The molecule has 1 heterocycles. The Morgan fingerprint density at radius 2 is 2.12 bits per heavy atom. The number of hydrogen-bond acceptors (Lipinski definition) is 2. The van der Waals surface area contributed by atoms with Gasteiger partial charge in [0.1, 0.15) is 5.75 Å². The average molecular weight is 244 g/mol. The van der Waals surface area contributed by atoms with E-state index in [9.17, 15) is 0 Å². The van der Waals surface area contributed by atoms with Crippen molar-refractivity contribution in [2.24, 2.45) is 0 Å². The summed E-state index contributed by atoms with van der Waals surface area (Å²) >= 11 is 1.69. The molecule has 0 fully saturated rings. The number of benzene rings is 1. The van der Waals surface area contributed by atoms with E-state index in [0.29, 0.717) is 0 Å². The highest BCUT2D eigenvalue weighted by atomic mass is 32.1. The fourth-order valence-electron chi connectivity index (χ4n) is 1.79. The van der Waals surface area contributed by atoms with Crippen LogP contribution in [0, 0.1) is 0 Å². The van der Waals surface area contributed by atoms with E-state index in [1.54, 1.807) is 11.3 Å². The lowest BCUT2D eigenvalue weighted by atomic mass is 10.0. The van der Waals surface area contributed by atoms with Crippen molar-refractivity contribution in [1.29, 1.82) is 0 Å². The molecule has 17 heavy (non-hydrogen) atoms. The van der Waals surface area contributed by atoms with Crippen molar-refractivity contribution in [3.8, 4) is 16.9 Å². The van der Waals surface area contributed by atoms with E-state index in [0.717, 1.165) is 16.9 Å². The quantitative estimate of drug-likeness (QED) is 0.747. The summed E-state index contributed by atoms with van der Waals surface area (Å²) < 4.78 is 5.87. The molecular weight excluding hydrogens is 228 g/mol. The van der Waals surface area contributed by atoms with E-state index >= 15 is 0 Å². The summed E-state index contributed by atoms with van der Waals surface area (Å²) in [7, 11) is 0. The molecule has 0 saturated heterocycles. The minimum atomic E-state index is 0.174. The highest BCUT2D eigenvalue weighted by Crippen LogP contribution is 2.35. The van der Waals surface area contributed by atoms with Crippen molar-refractivity contribution in [3.63, 3.8) is 0 Å². The summed E-state index contributed by atoms with van der Waals surface area (Å²) in [5.74, 6) is 0.927. The Morgan fingerprint density at radius 3 is 2.71 bits per heavy atom. The molecule has 2 rings (SSSR count). The minimum absolute atomic E-state index is 0.174. The van der Waals surface area contributed by atoms with Crippen LogP contribution in [0.2, 0.25) is 0 Å². The third-order valence-corrected chi connectivity index (χ3v) is 3.13. The van der Waals surface area contributed by atoms with Gasteiger partial charge in [0.2, 0.25) is 0 Å². The van der Waals surface area contributed by atoms with Crippen LogP contribution in [-0.4, -0.2) is 6.10 Å². The molecule has 0 unspecified atom stereocenters. The summed E-state index contributed by atoms with van der Waals surface area (Å²) in [5, 5.41) is 4.21. The van der Waals surface area contributed by atoms with Gasteiger partial charge in [-0.3, -0.25) is 0 Å². The average Bonchev–Trinajstić information content (AvgIpc) is 2.81. The number of ether oxygens (including phenoxy) is 1. The molecule has 0 spiro atoms. The van der Waals surface area contributed by atoms with Gasteiger partial charge in [-0.1, -0.05) is 24.8 Å². The van der Waals surface area contributed by atoms with Crippen LogP contribution in [0.15, 0.2) is 41.6 Å². The molecule has 1 nitrogen and oxygen atoms in total. The molecule has 1 aromatic carbocycles. The summed E-state index contributed by atoms with van der Waals surface area (Å²) in [6, 6.07) is 8.19. The van der Waals surface area contributed by atoms with Crippen molar-refractivity contribution >= 4 is 17.4 Å². The van der Waals surface area contributed by atoms with Crippen molar-refractivity contribution in [2.45, 2.75) is 20.0 Å². The predicted octanol–water partition coefficient (Wildman–Crippen LogP) is 4.85. The largest absolute Gasteiger partial charge is 0.490 e. The first-order valence-electron chi connectivity index (χ1n) is 5.67. The molecule has 0 bridgehead atoms. The maximum atomic E-state index is 5.87. The van der Waals surface area contributed by atoms with Crippen LogP contribution in [0.5, 0.6) is 5.75 Å². The van der Waals surface area contributed by atoms with Gasteiger partial charge in [-0.05, 0) is 47.9 Å². The van der Waals surface area contributed by atoms with Gasteiger partial charge in [0.25, 0.3) is 0 Å². The standard InChI is InChI=1S/C15H16OS/c1-4-12-6-5-7-14(16-11(2)3)15(12)13-8-9-17-10-13/h4-11H,1H2,2-3H3. The summed E-state index contributed by atoms with van der Waals surface area (Å²) in [6.45, 7) is 7.95. The van der Waals surface area contributed by atoms with Gasteiger partial charge in [-0.15, -0.1) is 0 Å². The second kappa shape index (κ2) is 5.19. The molecule has 1 aromatic heterocycles. The fourth-order valence-corrected chi connectivity index (χ4v) is 2.43. The third kappa shape index (κ3) is 2.59. The second-order valence-electron chi connectivity index (χ2n) is 4.10. The van der Waals surface area contributed by atoms with Gasteiger partial charge in [0.15, 0.2) is 0 Å². The molecule has 0 aliphatic rings. The Labute approximate surface area is 106 Å². The molecule has 0 aliphatic carbocycles. The molecule has 2 aromatic rings. The first kappa shape index (κ1) is 11.9. The first-order valence-corrected chi connectivity index (χ1v) is 6.61. The van der Waals surface area contributed by atoms with Crippen molar-refractivity contribution in [2.75, 3.05) is 0 Å². The zero-order chi connectivity index (χ0) is 12.3. The maximum absolute atomic E-state index is 5.87. The number of rotatable bonds is 4. The van der Waals surface area contributed by atoms with Gasteiger partial charge in [0.05, 0.1) is 6.10 Å². The van der Waals surface area contributed by atoms with E-state index in [2.05, 4.69) is 29.5 Å². The summed E-state index contributed by atoms with van der Waals surface area (Å²) in [6.07, 6.45) is 2.05. The normalized spacial score (nSPS) is 10.5. The fraction of sp³-hybridized carbons (Fsp3) is 0.200. The van der Waals surface area contributed by atoms with E-state index in [-0.39, 0.29) is 6.10 Å². The molecule has 0 aliphatic heterocycles. The highest BCUT2D eigenvalue weighted by molar-refractivity contribution is 7.08. The van der Waals surface area contributed by atoms with E-state index < -0.39 is 0 Å². The van der Waals surface area contributed by atoms with E-state index in [1.807, 2.05) is 32.1 Å². The number of hydrogen-bond donors (Lipinski definition) is 0. The van der Waals surface area contributed by atoms with Crippen LogP contribution < -0.4 is 4.74 Å². The predicted molar refractivity (Wildman–Crippen MR) is 75.6 cm³/mol. The summed E-state index contributed by atoms with van der Waals surface area (Å²) in [4.78, 5) is 0. The Hall–Kier alpha value is -1.54. The Kier molecular flexibility index (Phi) is 3.64. The van der Waals surface area contributed by atoms with Crippen LogP contribution >= 0.6 is 11.3 Å². The summed E-state index contributed by atoms with van der Waals surface area (Å²) in [5.41, 5.74) is 3.44. The Morgan fingerprint density at radius 1 is 1.29 bits per heavy atom. The zero-order valence-electron chi connectivity index (χ0n) is 10.1. The maximum Gasteiger partial charge on any atom is 0.128 e. The Balaban J connectivity index is 2.55. The first-order chi connectivity index (χ1) is 8.22. The van der Waals surface area contributed by atoms with Crippen LogP contribution in [0.25, 0.3) is 17.2 Å². The molecule has 0 amide bonds. The lowest BCUT2D eigenvalue weighted by Gasteiger charge is -2.15. The van der Waals surface area contributed by atoms with Crippen LogP contribution in [0.4, 0.5) is 0 Å². The van der Waals surface area contributed by atoms with Gasteiger partial charge in [-0.25, -0.2) is 0 Å². The van der Waals surface area contributed by atoms with Crippen LogP contribution in [-0.2, 0) is 0 Å². The van der Waals surface area contributed by atoms with Gasteiger partial charge >= 0.3 is 0 Å². The van der Waals surface area contributed by atoms with Crippen molar-refractivity contribution < 1.29 is 4.74 Å². The Bertz CT molecular complexity index is 498. The van der Waals surface area contributed by atoms with Crippen molar-refractivity contribution in [3.05, 3.63) is 47.2 Å². The lowest BCUT2D eigenvalue weighted by molar-refractivity contribution is 0.243. The van der Waals surface area contributed by atoms with Crippen LogP contribution in [0.3, 0.4) is 0 Å². The minimum Gasteiger partial charge on any atom is -0.490 e. The number of thiophene rings is 1. The molecule has 88 valence electrons. The molecular formula is C15H16OS. The topological polar surface area (TPSA) is 9.23 Å². The zero-order valence-corrected chi connectivity index (χ0v) is 11.0. The van der Waals surface area contributed by atoms with Gasteiger partial charge in [0, 0.05) is 5.56 Å². The molecule has 2 heteroatoms.